The molecule has 3 aromatic rings. The van der Waals surface area contributed by atoms with E-state index >= 15 is 0 Å². The fourth-order valence-electron chi connectivity index (χ4n) is 2.21. The molecule has 0 aliphatic carbocycles. The average molecular weight is 473 g/mol. The maximum absolute atomic E-state index is 12.7. The fraction of sp³-hybridized carbons (Fsp3) is 0.154. The first-order valence-corrected chi connectivity index (χ1v) is 10.2. The first-order valence-electron chi connectivity index (χ1n) is 6.60. The lowest BCUT2D eigenvalue weighted by Gasteiger charge is -2.06. The lowest BCUT2D eigenvalue weighted by Crippen LogP contribution is -2.12. The van der Waals surface area contributed by atoms with E-state index in [0.29, 0.717) is 32.8 Å². The number of nitrogens with zero attached hydrogens (tertiary/aromatic N) is 2. The smallest absolute Gasteiger partial charge is 0.264 e. The topological polar surface area (TPSA) is 79.8 Å². The molecule has 3 rings (SSSR count). The molecule has 128 valence electrons. The van der Waals surface area contributed by atoms with Crippen molar-refractivity contribution in [2.75, 3.05) is 10.6 Å². The second-order valence-corrected chi connectivity index (χ2v) is 8.39. The molecule has 0 spiro atoms. The molecule has 11 heteroatoms. The number of anilines is 1. The number of rotatable bonds is 5. The summed E-state index contributed by atoms with van der Waals surface area (Å²) in [6.45, 7) is 0.376. The van der Waals surface area contributed by atoms with Crippen LogP contribution in [0.15, 0.2) is 33.9 Å². The van der Waals surface area contributed by atoms with Gasteiger partial charge in [0.2, 0.25) is 0 Å². The van der Waals surface area contributed by atoms with E-state index in [4.69, 9.17) is 34.8 Å². The number of hydrogen-bond donors (Lipinski definition) is 2. The van der Waals surface area contributed by atoms with E-state index < -0.39 is 10.0 Å². The number of aromatic nitrogens is 3. The highest BCUT2D eigenvalue weighted by molar-refractivity contribution is 9.10. The van der Waals surface area contributed by atoms with E-state index in [9.17, 15) is 8.42 Å². The molecule has 0 fully saturated rings. The molecule has 6 nitrogen and oxygen atoms in total. The third-order valence-corrected chi connectivity index (χ3v) is 6.65. The van der Waals surface area contributed by atoms with Gasteiger partial charge in [-0.1, -0.05) is 23.2 Å². The van der Waals surface area contributed by atoms with Crippen LogP contribution in [0.25, 0.3) is 10.9 Å². The van der Waals surface area contributed by atoms with Crippen LogP contribution in [0, 0.1) is 0 Å². The second kappa shape index (κ2) is 6.76. The van der Waals surface area contributed by atoms with Gasteiger partial charge in [0, 0.05) is 17.5 Å². The maximum atomic E-state index is 12.7. The second-order valence-electron chi connectivity index (χ2n) is 4.80. The average Bonchev–Trinajstić information content (AvgIpc) is 3.11. The van der Waals surface area contributed by atoms with E-state index in [1.807, 2.05) is 0 Å². The van der Waals surface area contributed by atoms with Crippen LogP contribution >= 0.6 is 50.7 Å². The van der Waals surface area contributed by atoms with Gasteiger partial charge in [0.05, 0.1) is 27.8 Å². The van der Waals surface area contributed by atoms with Crippen molar-refractivity contribution in [2.24, 2.45) is 0 Å². The molecular weight excluding hydrogens is 462 g/mol. The molecule has 0 unspecified atom stereocenters. The molecule has 0 atom stereocenters. The number of fused-ring (bicyclic) bond motifs is 1. The van der Waals surface area contributed by atoms with Crippen molar-refractivity contribution in [1.82, 2.24) is 14.8 Å². The van der Waals surface area contributed by atoms with Crippen LogP contribution in [0.1, 0.15) is 0 Å². The quantitative estimate of drug-likeness (QED) is 0.538. The molecule has 0 aliphatic rings. The van der Waals surface area contributed by atoms with Gasteiger partial charge in [-0.2, -0.15) is 5.10 Å². The van der Waals surface area contributed by atoms with Crippen LogP contribution in [0.2, 0.25) is 10.2 Å². The molecule has 2 aromatic heterocycles. The molecule has 2 N–H and O–H groups in total. The Balaban J connectivity index is 2.01. The van der Waals surface area contributed by atoms with Crippen LogP contribution < -0.4 is 4.72 Å². The number of sulfonamides is 1. The van der Waals surface area contributed by atoms with E-state index in [-0.39, 0.29) is 15.7 Å². The summed E-state index contributed by atoms with van der Waals surface area (Å²) in [4.78, 5) is 2.99. The third kappa shape index (κ3) is 3.13. The number of hydrogen-bond acceptors (Lipinski definition) is 3. The predicted molar refractivity (Wildman–Crippen MR) is 99.8 cm³/mol. The van der Waals surface area contributed by atoms with Crippen LogP contribution in [0.5, 0.6) is 0 Å². The highest BCUT2D eigenvalue weighted by Gasteiger charge is 2.23. The predicted octanol–water partition coefficient (Wildman–Crippen LogP) is 4.47. The first kappa shape index (κ1) is 17.9. The van der Waals surface area contributed by atoms with E-state index in [1.54, 1.807) is 12.1 Å². The lowest BCUT2D eigenvalue weighted by atomic mass is 10.2. The van der Waals surface area contributed by atoms with Gasteiger partial charge in [0.1, 0.15) is 10.6 Å². The Morgan fingerprint density at radius 3 is 2.79 bits per heavy atom. The third-order valence-electron chi connectivity index (χ3n) is 3.31. The lowest BCUT2D eigenvalue weighted by molar-refractivity contribution is 0.602. The highest BCUT2D eigenvalue weighted by Crippen LogP contribution is 2.34. The van der Waals surface area contributed by atoms with E-state index in [0.717, 1.165) is 0 Å². The molecule has 0 saturated heterocycles. The number of H-pyrrole nitrogens is 1. The van der Waals surface area contributed by atoms with Gasteiger partial charge in [-0.05, 0) is 28.1 Å². The van der Waals surface area contributed by atoms with Crippen molar-refractivity contribution in [3.8, 4) is 0 Å². The minimum Gasteiger partial charge on any atom is -0.359 e. The van der Waals surface area contributed by atoms with Gasteiger partial charge >= 0.3 is 0 Å². The van der Waals surface area contributed by atoms with Gasteiger partial charge in [-0.25, -0.2) is 8.42 Å². The summed E-state index contributed by atoms with van der Waals surface area (Å²) in [7, 11) is -3.87. The van der Waals surface area contributed by atoms with Gasteiger partial charge in [0.15, 0.2) is 5.15 Å². The normalized spacial score (nSPS) is 12.0. The van der Waals surface area contributed by atoms with E-state index in [1.165, 1.54) is 17.1 Å². The minimum absolute atomic E-state index is 0.0797. The standard InChI is InChI=1S/C13H10BrCl3N4O2S/c14-11-8(16)2-1-7-10(6-18-12(7)11)24(22,23)20-9-5-19-21(4-3-15)13(9)17/h1-2,5-6,18,20H,3-4H2. The number of aromatic amines is 1. The molecule has 24 heavy (non-hydrogen) atoms. The zero-order valence-corrected chi connectivity index (χ0v) is 16.5. The van der Waals surface area contributed by atoms with Crippen molar-refractivity contribution in [2.45, 2.75) is 11.4 Å². The molecule has 0 bridgehead atoms. The van der Waals surface area contributed by atoms with Gasteiger partial charge in [-0.3, -0.25) is 9.40 Å². The molecule has 0 amide bonds. The Kier molecular flexibility index (Phi) is 5.04. The Hall–Kier alpha value is -0.930. The van der Waals surface area contributed by atoms with Crippen LogP contribution in [0.4, 0.5) is 5.69 Å². The number of aryl methyl sites for hydroxylation is 1. The Labute approximate surface area is 161 Å². The monoisotopic (exact) mass is 470 g/mol. The zero-order chi connectivity index (χ0) is 17.5. The molecule has 0 aliphatic heterocycles. The SMILES string of the molecule is O=S(=O)(Nc1cnn(CCCl)c1Cl)c1c[nH]c2c(Br)c(Cl)ccc12. The van der Waals surface area contributed by atoms with Crippen molar-refractivity contribution < 1.29 is 8.42 Å². The Morgan fingerprint density at radius 1 is 1.33 bits per heavy atom. The van der Waals surface area contributed by atoms with Crippen LogP contribution in [-0.4, -0.2) is 29.1 Å². The Bertz CT molecular complexity index is 1020. The largest absolute Gasteiger partial charge is 0.359 e. The van der Waals surface area contributed by atoms with Crippen molar-refractivity contribution in [3.05, 3.63) is 39.2 Å². The summed E-state index contributed by atoms with van der Waals surface area (Å²) in [5.41, 5.74) is 0.774. The van der Waals surface area contributed by atoms with Crippen molar-refractivity contribution in [1.29, 1.82) is 0 Å². The molecule has 0 radical (unpaired) electrons. The molecule has 2 heterocycles. The summed E-state index contributed by atoms with van der Waals surface area (Å²) in [5.74, 6) is 0.310. The number of nitrogens with one attached hydrogen (secondary N) is 2. The number of benzene rings is 1. The minimum atomic E-state index is -3.87. The van der Waals surface area contributed by atoms with Gasteiger partial charge in [-0.15, -0.1) is 11.6 Å². The molecule has 0 saturated carbocycles. The maximum Gasteiger partial charge on any atom is 0.264 e. The van der Waals surface area contributed by atoms with Crippen LogP contribution in [-0.2, 0) is 16.6 Å². The zero-order valence-electron chi connectivity index (χ0n) is 11.9. The Morgan fingerprint density at radius 2 is 2.08 bits per heavy atom. The summed E-state index contributed by atoms with van der Waals surface area (Å²) < 4.78 is 29.8. The van der Waals surface area contributed by atoms with Crippen LogP contribution in [0.3, 0.4) is 0 Å². The first-order chi connectivity index (χ1) is 11.3. The molecular formula is C13H10BrCl3N4O2S. The fourth-order valence-corrected chi connectivity index (χ4v) is 4.49. The van der Waals surface area contributed by atoms with Gasteiger partial charge in [0.25, 0.3) is 10.0 Å². The highest BCUT2D eigenvalue weighted by atomic mass is 79.9. The van der Waals surface area contributed by atoms with Gasteiger partial charge < -0.3 is 4.98 Å². The summed E-state index contributed by atoms with van der Waals surface area (Å²) in [6, 6.07) is 3.25. The summed E-state index contributed by atoms with van der Waals surface area (Å²) >= 11 is 21.1. The molecule has 1 aromatic carbocycles. The van der Waals surface area contributed by atoms with Crippen molar-refractivity contribution >= 4 is 77.3 Å². The summed E-state index contributed by atoms with van der Waals surface area (Å²) in [5, 5.41) is 5.15. The number of halogens is 4. The number of alkyl halides is 1. The van der Waals surface area contributed by atoms with Crippen molar-refractivity contribution in [3.63, 3.8) is 0 Å². The summed E-state index contributed by atoms with van der Waals surface area (Å²) in [6.07, 6.45) is 2.74. The van der Waals surface area contributed by atoms with E-state index in [2.05, 4.69) is 30.7 Å².